The molecule has 3 rings (SSSR count). The van der Waals surface area contributed by atoms with Gasteiger partial charge in [0, 0.05) is 25.2 Å². The number of benzene rings is 1. The molecular formula is C15H18N2O4. The third kappa shape index (κ3) is 2.58. The second kappa shape index (κ2) is 5.37. The van der Waals surface area contributed by atoms with Crippen LogP contribution in [0.25, 0.3) is 0 Å². The standard InChI is InChI=1S/C15H18N2O4/c18-11-6-13(15(20)21)17(8-11)14(19)10-5-9-3-1-2-4-12(9)16-7-10/h1-4,10-11,13,16,18H,5-8H2,(H,20,21)/t10?,11-,13-/m0/s1. The molecule has 1 saturated heterocycles. The minimum absolute atomic E-state index is 0.105. The number of nitrogens with one attached hydrogen (secondary N) is 1. The van der Waals surface area contributed by atoms with E-state index < -0.39 is 18.1 Å². The summed E-state index contributed by atoms with van der Waals surface area (Å²) >= 11 is 0. The highest BCUT2D eigenvalue weighted by Crippen LogP contribution is 2.28. The molecular weight excluding hydrogens is 272 g/mol. The summed E-state index contributed by atoms with van der Waals surface area (Å²) in [6.07, 6.45) is -0.0439. The molecule has 21 heavy (non-hydrogen) atoms. The maximum atomic E-state index is 12.6. The van der Waals surface area contributed by atoms with Crippen LogP contribution in [0.4, 0.5) is 5.69 Å². The number of hydrogen-bond acceptors (Lipinski definition) is 4. The Morgan fingerprint density at radius 3 is 2.81 bits per heavy atom. The summed E-state index contributed by atoms with van der Waals surface area (Å²) in [7, 11) is 0. The lowest BCUT2D eigenvalue weighted by atomic mass is 9.92. The third-order valence-corrected chi connectivity index (χ3v) is 4.22. The van der Waals surface area contributed by atoms with Crippen molar-refractivity contribution in [2.75, 3.05) is 18.4 Å². The molecule has 0 aliphatic carbocycles. The van der Waals surface area contributed by atoms with Gasteiger partial charge in [0.1, 0.15) is 6.04 Å². The maximum absolute atomic E-state index is 12.6. The first-order valence-electron chi connectivity index (χ1n) is 7.09. The molecule has 1 amide bonds. The molecule has 2 aliphatic rings. The first kappa shape index (κ1) is 13.9. The van der Waals surface area contributed by atoms with E-state index >= 15 is 0 Å². The van der Waals surface area contributed by atoms with E-state index in [-0.39, 0.29) is 24.8 Å². The number of anilines is 1. The maximum Gasteiger partial charge on any atom is 0.326 e. The second-order valence-electron chi connectivity index (χ2n) is 5.67. The second-order valence-corrected chi connectivity index (χ2v) is 5.67. The number of hydrogen-bond donors (Lipinski definition) is 3. The highest BCUT2D eigenvalue weighted by molar-refractivity contribution is 5.87. The van der Waals surface area contributed by atoms with Crippen molar-refractivity contribution in [2.45, 2.75) is 25.0 Å². The van der Waals surface area contributed by atoms with Crippen LogP contribution in [0.3, 0.4) is 0 Å². The Morgan fingerprint density at radius 1 is 1.29 bits per heavy atom. The van der Waals surface area contributed by atoms with E-state index in [1.165, 1.54) is 4.90 Å². The minimum atomic E-state index is -1.05. The molecule has 0 saturated carbocycles. The van der Waals surface area contributed by atoms with Gasteiger partial charge in [-0.3, -0.25) is 4.79 Å². The number of nitrogens with zero attached hydrogens (tertiary/aromatic N) is 1. The highest BCUT2D eigenvalue weighted by Gasteiger charge is 2.41. The Morgan fingerprint density at radius 2 is 2.05 bits per heavy atom. The fourth-order valence-corrected chi connectivity index (χ4v) is 3.14. The topological polar surface area (TPSA) is 89.9 Å². The molecule has 3 N–H and O–H groups in total. The third-order valence-electron chi connectivity index (χ3n) is 4.22. The molecule has 2 aliphatic heterocycles. The zero-order valence-corrected chi connectivity index (χ0v) is 11.5. The van der Waals surface area contributed by atoms with Crippen molar-refractivity contribution < 1.29 is 19.8 Å². The van der Waals surface area contributed by atoms with E-state index in [2.05, 4.69) is 5.32 Å². The van der Waals surface area contributed by atoms with Crippen molar-refractivity contribution in [3.63, 3.8) is 0 Å². The molecule has 0 aromatic heterocycles. The van der Waals surface area contributed by atoms with Gasteiger partial charge in [-0.05, 0) is 18.1 Å². The number of aliphatic hydroxyl groups is 1. The van der Waals surface area contributed by atoms with Gasteiger partial charge in [-0.2, -0.15) is 0 Å². The van der Waals surface area contributed by atoms with E-state index in [0.717, 1.165) is 11.3 Å². The van der Waals surface area contributed by atoms with E-state index in [0.29, 0.717) is 13.0 Å². The first-order valence-corrected chi connectivity index (χ1v) is 7.09. The molecule has 0 spiro atoms. The molecule has 6 heteroatoms. The van der Waals surface area contributed by atoms with E-state index in [4.69, 9.17) is 0 Å². The fraction of sp³-hybridized carbons (Fsp3) is 0.467. The number of aliphatic hydroxyl groups excluding tert-OH is 1. The summed E-state index contributed by atoms with van der Waals surface area (Å²) in [6, 6.07) is 6.88. The van der Waals surface area contributed by atoms with Gasteiger partial charge < -0.3 is 20.4 Å². The van der Waals surface area contributed by atoms with Gasteiger partial charge in [-0.25, -0.2) is 4.79 Å². The summed E-state index contributed by atoms with van der Waals surface area (Å²) in [5.74, 6) is -1.53. The quantitative estimate of drug-likeness (QED) is 0.730. The lowest BCUT2D eigenvalue weighted by Crippen LogP contribution is -2.46. The number of aliphatic carboxylic acids is 1. The summed E-state index contributed by atoms with van der Waals surface area (Å²) in [5.41, 5.74) is 2.09. The van der Waals surface area contributed by atoms with Gasteiger partial charge in [0.05, 0.1) is 12.0 Å². The van der Waals surface area contributed by atoms with Crippen molar-refractivity contribution in [3.05, 3.63) is 29.8 Å². The number of carboxylic acids is 1. The van der Waals surface area contributed by atoms with Crippen LogP contribution in [0, 0.1) is 5.92 Å². The van der Waals surface area contributed by atoms with Crippen molar-refractivity contribution in [1.29, 1.82) is 0 Å². The zero-order chi connectivity index (χ0) is 15.0. The predicted molar refractivity (Wildman–Crippen MR) is 75.9 cm³/mol. The Balaban J connectivity index is 1.76. The number of carboxylic acid groups (broad SMARTS) is 1. The number of carbonyl (C=O) groups is 2. The van der Waals surface area contributed by atoms with Crippen LogP contribution in [0.1, 0.15) is 12.0 Å². The van der Waals surface area contributed by atoms with Gasteiger partial charge in [-0.15, -0.1) is 0 Å². The SMILES string of the molecule is O=C(O)[C@@H]1C[C@H](O)CN1C(=O)C1CNc2ccccc2C1. The summed E-state index contributed by atoms with van der Waals surface area (Å²) < 4.78 is 0. The molecule has 112 valence electrons. The molecule has 1 unspecified atom stereocenters. The first-order chi connectivity index (χ1) is 10.1. The Hall–Kier alpha value is -2.08. The Kier molecular flexibility index (Phi) is 3.55. The molecule has 1 aromatic rings. The van der Waals surface area contributed by atoms with Crippen molar-refractivity contribution >= 4 is 17.6 Å². The monoisotopic (exact) mass is 290 g/mol. The Bertz CT molecular complexity index is 575. The van der Waals surface area contributed by atoms with Crippen LogP contribution in [-0.4, -0.2) is 52.2 Å². The number of fused-ring (bicyclic) bond motifs is 1. The zero-order valence-electron chi connectivity index (χ0n) is 11.5. The summed E-state index contributed by atoms with van der Waals surface area (Å²) in [5, 5.41) is 22.1. The van der Waals surface area contributed by atoms with Crippen LogP contribution < -0.4 is 5.32 Å². The number of carbonyl (C=O) groups excluding carboxylic acids is 1. The van der Waals surface area contributed by atoms with Crippen LogP contribution in [0.15, 0.2) is 24.3 Å². The van der Waals surface area contributed by atoms with Gasteiger partial charge in [0.15, 0.2) is 0 Å². The molecule has 1 aromatic carbocycles. The number of amides is 1. The predicted octanol–water partition coefficient (Wildman–Crippen LogP) is 0.317. The van der Waals surface area contributed by atoms with Gasteiger partial charge in [0.2, 0.25) is 5.91 Å². The smallest absolute Gasteiger partial charge is 0.326 e. The minimum Gasteiger partial charge on any atom is -0.480 e. The molecule has 0 bridgehead atoms. The van der Waals surface area contributed by atoms with Crippen LogP contribution in [0.2, 0.25) is 0 Å². The van der Waals surface area contributed by atoms with Gasteiger partial charge >= 0.3 is 5.97 Å². The molecule has 3 atom stereocenters. The van der Waals surface area contributed by atoms with Gasteiger partial charge in [0.25, 0.3) is 0 Å². The molecule has 1 fully saturated rings. The van der Waals surface area contributed by atoms with Crippen molar-refractivity contribution in [3.8, 4) is 0 Å². The number of para-hydroxylation sites is 1. The summed E-state index contributed by atoms with van der Waals surface area (Å²) in [6.45, 7) is 0.600. The number of rotatable bonds is 2. The molecule has 0 radical (unpaired) electrons. The lowest BCUT2D eigenvalue weighted by Gasteiger charge is -2.30. The van der Waals surface area contributed by atoms with Crippen molar-refractivity contribution in [2.24, 2.45) is 5.92 Å². The van der Waals surface area contributed by atoms with E-state index in [9.17, 15) is 19.8 Å². The average Bonchev–Trinajstić information content (AvgIpc) is 2.88. The fourth-order valence-electron chi connectivity index (χ4n) is 3.14. The van der Waals surface area contributed by atoms with Crippen molar-refractivity contribution in [1.82, 2.24) is 4.90 Å². The Labute approximate surface area is 122 Å². The highest BCUT2D eigenvalue weighted by atomic mass is 16.4. The molecule has 2 heterocycles. The normalized spacial score (nSPS) is 27.9. The van der Waals surface area contributed by atoms with Crippen LogP contribution in [0.5, 0.6) is 0 Å². The van der Waals surface area contributed by atoms with Crippen LogP contribution >= 0.6 is 0 Å². The largest absolute Gasteiger partial charge is 0.480 e. The average molecular weight is 290 g/mol. The van der Waals surface area contributed by atoms with E-state index in [1.54, 1.807) is 0 Å². The number of likely N-dealkylation sites (tertiary alicyclic amines) is 1. The summed E-state index contributed by atoms with van der Waals surface area (Å²) in [4.78, 5) is 25.1. The van der Waals surface area contributed by atoms with Gasteiger partial charge in [-0.1, -0.05) is 18.2 Å². The lowest BCUT2D eigenvalue weighted by molar-refractivity contribution is -0.149. The number of β-amino-alcohol motifs (C(OH)–C–C–N with tert-alkyl or cyclic N) is 1. The van der Waals surface area contributed by atoms with E-state index in [1.807, 2.05) is 24.3 Å². The molecule has 6 nitrogen and oxygen atoms in total. The van der Waals surface area contributed by atoms with Crippen LogP contribution in [-0.2, 0) is 16.0 Å².